The van der Waals surface area contributed by atoms with E-state index in [0.717, 1.165) is 55.6 Å². The van der Waals surface area contributed by atoms with Crippen molar-refractivity contribution in [1.82, 2.24) is 14.8 Å². The quantitative estimate of drug-likeness (QED) is 0.238. The van der Waals surface area contributed by atoms with E-state index < -0.39 is 0 Å². The first-order valence-corrected chi connectivity index (χ1v) is 9.27. The molecule has 138 valence electrons. The van der Waals surface area contributed by atoms with Crippen LogP contribution < -0.4 is 5.32 Å². The summed E-state index contributed by atoms with van der Waals surface area (Å²) < 4.78 is 8.91. The highest BCUT2D eigenvalue weighted by Crippen LogP contribution is 2.28. The number of nitrogens with zero attached hydrogens (tertiary/aromatic N) is 3. The van der Waals surface area contributed by atoms with E-state index in [4.69, 9.17) is 9.73 Å². The average molecular weight is 513 g/mol. The Labute approximate surface area is 171 Å². The van der Waals surface area contributed by atoms with Crippen LogP contribution >= 0.6 is 39.9 Å². The van der Waals surface area contributed by atoms with Gasteiger partial charge in [0, 0.05) is 56.8 Å². The zero-order valence-electron chi connectivity index (χ0n) is 14.9. The van der Waals surface area contributed by atoms with Crippen LogP contribution in [0.5, 0.6) is 0 Å². The Balaban J connectivity index is 0.00000288. The second-order valence-corrected chi connectivity index (χ2v) is 7.14. The van der Waals surface area contributed by atoms with Crippen LogP contribution in [0.25, 0.3) is 0 Å². The zero-order chi connectivity index (χ0) is 16.7. The summed E-state index contributed by atoms with van der Waals surface area (Å²) in [6, 6.07) is 2.14. The summed E-state index contributed by atoms with van der Waals surface area (Å²) in [5.41, 5.74) is 1.25. The number of halogens is 2. The van der Waals surface area contributed by atoms with Crippen molar-refractivity contribution in [3.8, 4) is 0 Å². The van der Waals surface area contributed by atoms with Crippen molar-refractivity contribution < 1.29 is 4.74 Å². The summed E-state index contributed by atoms with van der Waals surface area (Å²) >= 11 is 3.52. The van der Waals surface area contributed by atoms with Crippen molar-refractivity contribution in [3.05, 3.63) is 22.4 Å². The number of nitrogens with one attached hydrogen (secondary N) is 1. The Morgan fingerprint density at radius 3 is 2.83 bits per heavy atom. The Morgan fingerprint density at radius 2 is 2.25 bits per heavy atom. The minimum atomic E-state index is 0. The Morgan fingerprint density at radius 1 is 1.50 bits per heavy atom. The monoisotopic (exact) mass is 512 g/mol. The molecule has 1 aromatic rings. The van der Waals surface area contributed by atoms with Crippen molar-refractivity contribution in [2.45, 2.75) is 32.7 Å². The molecule has 2 rings (SSSR count). The molecule has 1 aliphatic carbocycles. The lowest BCUT2D eigenvalue weighted by atomic mass is 10.4. The van der Waals surface area contributed by atoms with Crippen molar-refractivity contribution in [2.24, 2.45) is 18.0 Å². The normalized spacial score (nSPS) is 14.4. The largest absolute Gasteiger partial charge is 0.381 e. The maximum atomic E-state index is 5.66. The number of ether oxygens (including phenoxy) is 1. The molecular weight excluding hydrogens is 483 g/mol. The molecule has 1 fully saturated rings. The smallest absolute Gasteiger partial charge is 0.194 e. The standard InChI is InChI=1S/C17H29BrN4O.HI/c1-4-19-17(20-8-5-9-23-13-14-6-7-14)22(3)12-16-10-15(18)11-21(16)2;/h10-11,14H,4-9,12-13H2,1-3H3,(H,19,20);1H. The van der Waals surface area contributed by atoms with E-state index in [2.05, 4.69) is 64.0 Å². The van der Waals surface area contributed by atoms with Crippen molar-refractivity contribution in [2.75, 3.05) is 33.4 Å². The number of aryl methyl sites for hydroxylation is 1. The van der Waals surface area contributed by atoms with Gasteiger partial charge >= 0.3 is 0 Å². The molecule has 1 heterocycles. The molecule has 1 saturated carbocycles. The second-order valence-electron chi connectivity index (χ2n) is 6.22. The third-order valence-electron chi connectivity index (χ3n) is 3.93. The average Bonchev–Trinajstić information content (AvgIpc) is 3.27. The molecule has 1 aliphatic rings. The lowest BCUT2D eigenvalue weighted by Gasteiger charge is -2.22. The van der Waals surface area contributed by atoms with Crippen molar-refractivity contribution in [1.29, 1.82) is 0 Å². The minimum absolute atomic E-state index is 0. The molecule has 0 radical (unpaired) electrons. The summed E-state index contributed by atoms with van der Waals surface area (Å²) in [7, 11) is 4.14. The van der Waals surface area contributed by atoms with Gasteiger partial charge in [-0.3, -0.25) is 4.99 Å². The molecule has 5 nitrogen and oxygen atoms in total. The number of rotatable bonds is 9. The van der Waals surface area contributed by atoms with Gasteiger partial charge in [-0.05, 0) is 54.1 Å². The Kier molecular flexibility index (Phi) is 10.3. The van der Waals surface area contributed by atoms with Crippen LogP contribution in [0.4, 0.5) is 0 Å². The second kappa shape index (κ2) is 11.4. The summed E-state index contributed by atoms with van der Waals surface area (Å²) in [6.45, 7) is 6.35. The lowest BCUT2D eigenvalue weighted by molar-refractivity contribution is 0.123. The van der Waals surface area contributed by atoms with Gasteiger partial charge in [0.2, 0.25) is 0 Å². The SMILES string of the molecule is CCNC(=NCCCOCC1CC1)N(C)Cc1cc(Br)cn1C.I. The highest BCUT2D eigenvalue weighted by molar-refractivity contribution is 14.0. The summed E-state index contributed by atoms with van der Waals surface area (Å²) in [5.74, 6) is 1.79. The van der Waals surface area contributed by atoms with Crippen LogP contribution in [0.1, 0.15) is 31.9 Å². The molecule has 0 unspecified atom stereocenters. The molecule has 0 amide bonds. The topological polar surface area (TPSA) is 41.8 Å². The predicted molar refractivity (Wildman–Crippen MR) is 114 cm³/mol. The van der Waals surface area contributed by atoms with Gasteiger partial charge in [0.1, 0.15) is 0 Å². The third kappa shape index (κ3) is 7.74. The molecule has 0 aromatic carbocycles. The fourth-order valence-electron chi connectivity index (χ4n) is 2.40. The van der Waals surface area contributed by atoms with Crippen LogP contribution in [0, 0.1) is 5.92 Å². The molecule has 0 aliphatic heterocycles. The number of aliphatic imine (C=N–C) groups is 1. The number of hydrogen-bond donors (Lipinski definition) is 1. The van der Waals surface area contributed by atoms with Gasteiger partial charge in [-0.2, -0.15) is 0 Å². The maximum Gasteiger partial charge on any atom is 0.194 e. The van der Waals surface area contributed by atoms with Gasteiger partial charge in [0.25, 0.3) is 0 Å². The Bertz CT molecular complexity index is 517. The van der Waals surface area contributed by atoms with Gasteiger partial charge in [0.05, 0.1) is 6.54 Å². The number of aromatic nitrogens is 1. The van der Waals surface area contributed by atoms with E-state index in [-0.39, 0.29) is 24.0 Å². The molecule has 0 spiro atoms. The van der Waals surface area contributed by atoms with E-state index in [1.807, 2.05) is 0 Å². The van der Waals surface area contributed by atoms with E-state index in [1.54, 1.807) is 0 Å². The molecule has 1 N–H and O–H groups in total. The lowest BCUT2D eigenvalue weighted by Crippen LogP contribution is -2.39. The zero-order valence-corrected chi connectivity index (χ0v) is 18.8. The van der Waals surface area contributed by atoms with Crippen molar-refractivity contribution in [3.63, 3.8) is 0 Å². The fraction of sp³-hybridized carbons (Fsp3) is 0.706. The van der Waals surface area contributed by atoms with Gasteiger partial charge < -0.3 is 19.5 Å². The molecule has 24 heavy (non-hydrogen) atoms. The predicted octanol–water partition coefficient (Wildman–Crippen LogP) is 3.62. The van der Waals surface area contributed by atoms with Crippen LogP contribution in [-0.2, 0) is 18.3 Å². The van der Waals surface area contributed by atoms with Crippen LogP contribution in [0.15, 0.2) is 21.7 Å². The van der Waals surface area contributed by atoms with Gasteiger partial charge in [-0.25, -0.2) is 0 Å². The summed E-state index contributed by atoms with van der Waals surface area (Å²) in [4.78, 5) is 6.87. The van der Waals surface area contributed by atoms with Crippen LogP contribution in [-0.4, -0.2) is 48.8 Å². The maximum absolute atomic E-state index is 5.66. The number of guanidine groups is 1. The first-order valence-electron chi connectivity index (χ1n) is 8.48. The summed E-state index contributed by atoms with van der Waals surface area (Å²) in [6.07, 6.45) is 5.75. The fourth-order valence-corrected chi connectivity index (χ4v) is 2.97. The van der Waals surface area contributed by atoms with Gasteiger partial charge in [0.15, 0.2) is 5.96 Å². The van der Waals surface area contributed by atoms with Crippen LogP contribution in [0.2, 0.25) is 0 Å². The highest BCUT2D eigenvalue weighted by Gasteiger charge is 2.20. The third-order valence-corrected chi connectivity index (χ3v) is 4.36. The molecule has 0 atom stereocenters. The summed E-state index contributed by atoms with van der Waals surface area (Å²) in [5, 5.41) is 3.36. The van der Waals surface area contributed by atoms with E-state index in [1.165, 1.54) is 18.5 Å². The highest BCUT2D eigenvalue weighted by atomic mass is 127. The van der Waals surface area contributed by atoms with Crippen LogP contribution in [0.3, 0.4) is 0 Å². The first-order chi connectivity index (χ1) is 11.1. The Hall–Kier alpha value is -0.280. The first kappa shape index (κ1) is 21.8. The van der Waals surface area contributed by atoms with Crippen molar-refractivity contribution >= 4 is 45.9 Å². The van der Waals surface area contributed by atoms with E-state index in [0.29, 0.717) is 0 Å². The van der Waals surface area contributed by atoms with E-state index in [9.17, 15) is 0 Å². The van der Waals surface area contributed by atoms with Gasteiger partial charge in [-0.1, -0.05) is 0 Å². The molecular formula is C17H30BrIN4O. The molecule has 7 heteroatoms. The number of hydrogen-bond acceptors (Lipinski definition) is 2. The molecule has 0 saturated heterocycles. The van der Waals surface area contributed by atoms with E-state index >= 15 is 0 Å². The minimum Gasteiger partial charge on any atom is -0.381 e. The molecule has 0 bridgehead atoms. The molecule has 1 aromatic heterocycles. The van der Waals surface area contributed by atoms with Gasteiger partial charge in [-0.15, -0.1) is 24.0 Å².